The van der Waals surface area contributed by atoms with Crippen molar-refractivity contribution in [2.45, 2.75) is 64.0 Å². The molecule has 1 unspecified atom stereocenters. The van der Waals surface area contributed by atoms with E-state index in [1.807, 2.05) is 40.9 Å². The van der Waals surface area contributed by atoms with Gasteiger partial charge in [-0.3, -0.25) is 9.69 Å². The summed E-state index contributed by atoms with van der Waals surface area (Å²) in [7, 11) is 0. The Balaban J connectivity index is 1.67. The van der Waals surface area contributed by atoms with Crippen molar-refractivity contribution in [3.63, 3.8) is 0 Å². The molecule has 0 spiro atoms. The third-order valence-electron chi connectivity index (χ3n) is 7.96. The molecule has 3 aromatic carbocycles. The summed E-state index contributed by atoms with van der Waals surface area (Å²) < 4.78 is 0.909. The lowest BCUT2D eigenvalue weighted by atomic mass is 9.68. The van der Waals surface area contributed by atoms with Crippen LogP contribution in [0.5, 0.6) is 0 Å². The van der Waals surface area contributed by atoms with Gasteiger partial charge in [-0.25, -0.2) is 0 Å². The Morgan fingerprint density at radius 2 is 1.77 bits per heavy atom. The van der Waals surface area contributed by atoms with Gasteiger partial charge in [-0.15, -0.1) is 11.8 Å². The number of thioether (sulfide) groups is 1. The number of nitrogens with zero attached hydrogens (tertiary/aromatic N) is 2. The van der Waals surface area contributed by atoms with E-state index in [1.54, 1.807) is 0 Å². The fraction of sp³-hybridized carbons (Fsp3) is 0.294. The third-order valence-corrected chi connectivity index (χ3v) is 9.68. The van der Waals surface area contributed by atoms with Crippen LogP contribution in [0.4, 0.5) is 5.69 Å². The van der Waals surface area contributed by atoms with Gasteiger partial charge in [0.15, 0.2) is 5.78 Å². The highest BCUT2D eigenvalue weighted by Crippen LogP contribution is 2.51. The summed E-state index contributed by atoms with van der Waals surface area (Å²) in [6.45, 7) is 10.6. The van der Waals surface area contributed by atoms with Crippen LogP contribution < -0.4 is 10.6 Å². The SMILES string of the molecule is Cc1cc(C)c(C2C(C#N)=C(N)N(c3cccc(Br)c3)C3=C2C(=O)CC(C)(C)C3)cc1CSc1ccccc1C. The van der Waals surface area contributed by atoms with Crippen molar-refractivity contribution < 1.29 is 4.79 Å². The van der Waals surface area contributed by atoms with Crippen LogP contribution in [0.3, 0.4) is 0 Å². The first kappa shape index (κ1) is 28.3. The van der Waals surface area contributed by atoms with Crippen LogP contribution >= 0.6 is 27.7 Å². The number of aryl methyl sites for hydroxylation is 3. The summed E-state index contributed by atoms with van der Waals surface area (Å²) in [5.74, 6) is 0.794. The van der Waals surface area contributed by atoms with E-state index in [9.17, 15) is 10.1 Å². The quantitative estimate of drug-likeness (QED) is 0.292. The maximum Gasteiger partial charge on any atom is 0.162 e. The Morgan fingerprint density at radius 3 is 2.48 bits per heavy atom. The smallest absolute Gasteiger partial charge is 0.162 e. The van der Waals surface area contributed by atoms with Gasteiger partial charge in [-0.2, -0.15) is 5.26 Å². The molecule has 4 nitrogen and oxygen atoms in total. The topological polar surface area (TPSA) is 70.1 Å². The zero-order chi connectivity index (χ0) is 28.8. The van der Waals surface area contributed by atoms with Gasteiger partial charge in [0.1, 0.15) is 5.82 Å². The summed E-state index contributed by atoms with van der Waals surface area (Å²) in [5, 5.41) is 10.5. The Morgan fingerprint density at radius 1 is 1.02 bits per heavy atom. The molecule has 0 radical (unpaired) electrons. The minimum Gasteiger partial charge on any atom is -0.384 e. The predicted molar refractivity (Wildman–Crippen MR) is 168 cm³/mol. The van der Waals surface area contributed by atoms with Crippen LogP contribution in [0.2, 0.25) is 0 Å². The molecule has 0 saturated carbocycles. The minimum absolute atomic E-state index is 0.0901. The minimum atomic E-state index is -0.491. The second-order valence-corrected chi connectivity index (χ2v) is 13.6. The van der Waals surface area contributed by atoms with Crippen LogP contribution in [0.25, 0.3) is 0 Å². The van der Waals surface area contributed by atoms with Crippen molar-refractivity contribution >= 4 is 39.2 Å². The number of hydrogen-bond donors (Lipinski definition) is 1. The lowest BCUT2D eigenvalue weighted by Crippen LogP contribution is -2.42. The summed E-state index contributed by atoms with van der Waals surface area (Å²) in [4.78, 5) is 17.2. The number of anilines is 1. The number of Topliss-reactive ketones (excluding diaryl/α,β-unsaturated/α-hetero) is 1. The van der Waals surface area contributed by atoms with Crippen molar-refractivity contribution in [3.05, 3.63) is 116 Å². The van der Waals surface area contributed by atoms with Crippen LogP contribution in [0.15, 0.2) is 92.7 Å². The van der Waals surface area contributed by atoms with E-state index in [2.05, 4.69) is 93.0 Å². The van der Waals surface area contributed by atoms with Gasteiger partial charge >= 0.3 is 0 Å². The summed E-state index contributed by atoms with van der Waals surface area (Å²) in [6, 6.07) is 23.1. The zero-order valence-electron chi connectivity index (χ0n) is 23.6. The van der Waals surface area contributed by atoms with Crippen molar-refractivity contribution in [2.75, 3.05) is 4.90 Å². The number of carbonyl (C=O) groups excluding carboxylic acids is 1. The molecule has 2 N–H and O–H groups in total. The molecule has 2 aliphatic rings. The first-order chi connectivity index (χ1) is 19.0. The monoisotopic (exact) mass is 611 g/mol. The second kappa shape index (κ2) is 11.0. The number of nitrogens with two attached hydrogens (primary N) is 1. The Hall–Kier alpha value is -3.27. The van der Waals surface area contributed by atoms with E-state index in [0.717, 1.165) is 32.7 Å². The number of benzene rings is 3. The molecule has 0 fully saturated rings. The average molecular weight is 613 g/mol. The number of rotatable bonds is 5. The molecule has 6 heteroatoms. The zero-order valence-corrected chi connectivity index (χ0v) is 26.0. The Labute approximate surface area is 250 Å². The number of carbonyl (C=O) groups is 1. The first-order valence-corrected chi connectivity index (χ1v) is 15.3. The number of allylic oxidation sites excluding steroid dienone is 3. The molecule has 204 valence electrons. The molecule has 1 heterocycles. The molecule has 1 atom stereocenters. The normalized spacial score (nSPS) is 18.6. The molecule has 1 aliphatic heterocycles. The lowest BCUT2D eigenvalue weighted by Gasteiger charge is -2.44. The molecular formula is C34H34BrN3OS. The Bertz CT molecular complexity index is 1630. The molecule has 40 heavy (non-hydrogen) atoms. The van der Waals surface area contributed by atoms with E-state index < -0.39 is 5.92 Å². The van der Waals surface area contributed by atoms with Crippen molar-refractivity contribution in [1.82, 2.24) is 0 Å². The van der Waals surface area contributed by atoms with Crippen LogP contribution in [0.1, 0.15) is 60.4 Å². The largest absolute Gasteiger partial charge is 0.384 e. The number of nitriles is 1. The highest BCUT2D eigenvalue weighted by atomic mass is 79.9. The fourth-order valence-electron chi connectivity index (χ4n) is 5.99. The number of ketones is 1. The van der Waals surface area contributed by atoms with Gasteiger partial charge in [0.2, 0.25) is 0 Å². The third kappa shape index (κ3) is 5.25. The first-order valence-electron chi connectivity index (χ1n) is 13.5. The molecule has 0 bridgehead atoms. The summed E-state index contributed by atoms with van der Waals surface area (Å²) >= 11 is 5.39. The van der Waals surface area contributed by atoms with Crippen molar-refractivity contribution in [1.29, 1.82) is 5.26 Å². The highest BCUT2D eigenvalue weighted by Gasteiger charge is 2.45. The summed E-state index contributed by atoms with van der Waals surface area (Å²) in [6.07, 6.45) is 1.13. The van der Waals surface area contributed by atoms with Crippen molar-refractivity contribution in [3.8, 4) is 6.07 Å². The number of halogens is 1. The van der Waals surface area contributed by atoms with Gasteiger partial charge in [0.05, 0.1) is 17.6 Å². The highest BCUT2D eigenvalue weighted by molar-refractivity contribution is 9.10. The summed E-state index contributed by atoms with van der Waals surface area (Å²) in [5.41, 5.74) is 15.2. The molecular weight excluding hydrogens is 578 g/mol. The van der Waals surface area contributed by atoms with Crippen LogP contribution in [-0.2, 0) is 10.5 Å². The van der Waals surface area contributed by atoms with Crippen LogP contribution in [0, 0.1) is 37.5 Å². The van der Waals surface area contributed by atoms with Gasteiger partial charge in [-0.05, 0) is 84.7 Å². The van der Waals surface area contributed by atoms with Crippen LogP contribution in [-0.4, -0.2) is 5.78 Å². The molecule has 0 saturated heterocycles. The van der Waals surface area contributed by atoms with Gasteiger partial charge in [0.25, 0.3) is 0 Å². The number of hydrogen-bond acceptors (Lipinski definition) is 5. The van der Waals surface area contributed by atoms with E-state index in [-0.39, 0.29) is 11.2 Å². The van der Waals surface area contributed by atoms with Gasteiger partial charge < -0.3 is 5.73 Å². The Kier molecular flexibility index (Phi) is 7.74. The maximum atomic E-state index is 14.0. The standard InChI is InChI=1S/C34H34BrN3OS/c1-20-9-6-7-12-30(20)40-19-23-14-26(22(3)13-21(23)2)31-27(18-36)33(37)38(25-11-8-10-24(35)15-25)28-16-34(4,5)17-29(39)32(28)31/h6-15,31H,16-17,19,37H2,1-5H3. The molecule has 0 amide bonds. The second-order valence-electron chi connectivity index (χ2n) is 11.6. The molecule has 0 aromatic heterocycles. The van der Waals surface area contributed by atoms with E-state index in [4.69, 9.17) is 5.73 Å². The molecule has 3 aromatic rings. The fourth-order valence-corrected chi connectivity index (χ4v) is 7.47. The van der Waals surface area contributed by atoms with E-state index in [1.165, 1.54) is 21.6 Å². The average Bonchev–Trinajstić information content (AvgIpc) is 2.88. The van der Waals surface area contributed by atoms with Gasteiger partial charge in [0, 0.05) is 38.5 Å². The maximum absolute atomic E-state index is 14.0. The predicted octanol–water partition coefficient (Wildman–Crippen LogP) is 8.61. The van der Waals surface area contributed by atoms with E-state index >= 15 is 0 Å². The lowest BCUT2D eigenvalue weighted by molar-refractivity contribution is -0.118. The van der Waals surface area contributed by atoms with Crippen molar-refractivity contribution in [2.24, 2.45) is 11.1 Å². The van der Waals surface area contributed by atoms with E-state index in [0.29, 0.717) is 29.8 Å². The molecule has 5 rings (SSSR count). The van der Waals surface area contributed by atoms with Gasteiger partial charge in [-0.1, -0.05) is 66.2 Å². The molecule has 1 aliphatic carbocycles.